The Kier molecular flexibility index (Phi) is 5.96. The quantitative estimate of drug-likeness (QED) is 0.832. The third-order valence-corrected chi connectivity index (χ3v) is 5.55. The van der Waals surface area contributed by atoms with Crippen molar-refractivity contribution in [1.29, 1.82) is 0 Å². The predicted octanol–water partition coefficient (Wildman–Crippen LogP) is 1.59. The lowest BCUT2D eigenvalue weighted by Crippen LogP contribution is -2.37. The first-order chi connectivity index (χ1) is 8.86. The summed E-state index contributed by atoms with van der Waals surface area (Å²) in [5.41, 5.74) is 0. The lowest BCUT2D eigenvalue weighted by Gasteiger charge is -2.20. The fraction of sp³-hybridized carbons (Fsp3) is 0.583. The molecule has 0 atom stereocenters. The number of thiophene rings is 1. The van der Waals surface area contributed by atoms with Crippen molar-refractivity contribution in [2.24, 2.45) is 0 Å². The fourth-order valence-corrected chi connectivity index (χ4v) is 3.99. The molecule has 5 nitrogen and oxygen atoms in total. The Bertz CT molecular complexity index is 523. The lowest BCUT2D eigenvalue weighted by atomic mass is 10.4. The zero-order chi connectivity index (χ0) is 14.5. The maximum absolute atomic E-state index is 12.0. The molecule has 1 rings (SSSR count). The van der Waals surface area contributed by atoms with Gasteiger partial charge in [-0.3, -0.25) is 4.79 Å². The standard InChI is InChI=1S/C12H20N2O3S2/c1-4-8-14(11(3)15)9-7-13-19(16,17)12-6-5-10(2)18-12/h5-6,13H,4,7-9H2,1-3H3. The first-order valence-electron chi connectivity index (χ1n) is 6.18. The van der Waals surface area contributed by atoms with E-state index in [0.717, 1.165) is 11.3 Å². The van der Waals surface area contributed by atoms with Crippen molar-refractivity contribution in [3.63, 3.8) is 0 Å². The van der Waals surface area contributed by atoms with Crippen LogP contribution in [0.3, 0.4) is 0 Å². The molecule has 19 heavy (non-hydrogen) atoms. The minimum atomic E-state index is -3.45. The minimum Gasteiger partial charge on any atom is -0.342 e. The molecule has 1 heterocycles. The van der Waals surface area contributed by atoms with Gasteiger partial charge in [0.05, 0.1) is 0 Å². The van der Waals surface area contributed by atoms with Crippen LogP contribution in [-0.4, -0.2) is 38.9 Å². The number of hydrogen-bond donors (Lipinski definition) is 1. The number of nitrogens with one attached hydrogen (secondary N) is 1. The van der Waals surface area contributed by atoms with Gasteiger partial charge in [-0.2, -0.15) is 0 Å². The second kappa shape index (κ2) is 7.02. The topological polar surface area (TPSA) is 66.5 Å². The van der Waals surface area contributed by atoms with Crippen molar-refractivity contribution in [3.8, 4) is 0 Å². The number of carbonyl (C=O) groups excluding carboxylic acids is 1. The van der Waals surface area contributed by atoms with Crippen LogP contribution >= 0.6 is 11.3 Å². The van der Waals surface area contributed by atoms with E-state index in [9.17, 15) is 13.2 Å². The van der Waals surface area contributed by atoms with E-state index in [-0.39, 0.29) is 12.5 Å². The molecule has 0 bridgehead atoms. The molecule has 1 aromatic heterocycles. The van der Waals surface area contributed by atoms with E-state index in [1.165, 1.54) is 18.3 Å². The molecule has 0 fully saturated rings. The molecular weight excluding hydrogens is 284 g/mol. The van der Waals surface area contributed by atoms with Crippen molar-refractivity contribution in [1.82, 2.24) is 9.62 Å². The Morgan fingerprint density at radius 2 is 2.05 bits per heavy atom. The molecule has 1 amide bonds. The molecule has 0 aromatic carbocycles. The van der Waals surface area contributed by atoms with Crippen LogP contribution in [0.15, 0.2) is 16.3 Å². The largest absolute Gasteiger partial charge is 0.342 e. The van der Waals surface area contributed by atoms with Crippen LogP contribution in [0.5, 0.6) is 0 Å². The molecule has 0 unspecified atom stereocenters. The van der Waals surface area contributed by atoms with Crippen LogP contribution in [0.4, 0.5) is 0 Å². The lowest BCUT2D eigenvalue weighted by molar-refractivity contribution is -0.128. The number of rotatable bonds is 7. The van der Waals surface area contributed by atoms with Crippen LogP contribution in [0.1, 0.15) is 25.1 Å². The molecule has 108 valence electrons. The second-order valence-corrected chi connectivity index (χ2v) is 7.55. The van der Waals surface area contributed by atoms with Crippen molar-refractivity contribution in [2.75, 3.05) is 19.6 Å². The van der Waals surface area contributed by atoms with Gasteiger partial charge in [-0.25, -0.2) is 13.1 Å². The third kappa shape index (κ3) is 4.93. The smallest absolute Gasteiger partial charge is 0.250 e. The fourth-order valence-electron chi connectivity index (χ4n) is 1.64. The molecule has 0 aliphatic carbocycles. The summed E-state index contributed by atoms with van der Waals surface area (Å²) in [7, 11) is -3.45. The summed E-state index contributed by atoms with van der Waals surface area (Å²) in [4.78, 5) is 13.9. The second-order valence-electron chi connectivity index (χ2n) is 4.27. The van der Waals surface area contributed by atoms with Crippen molar-refractivity contribution >= 4 is 27.3 Å². The van der Waals surface area contributed by atoms with Gasteiger partial charge in [0.2, 0.25) is 15.9 Å². The highest BCUT2D eigenvalue weighted by Gasteiger charge is 2.16. The summed E-state index contributed by atoms with van der Waals surface area (Å²) < 4.78 is 26.7. The molecule has 1 aromatic rings. The molecule has 0 aliphatic rings. The van der Waals surface area contributed by atoms with Crippen molar-refractivity contribution in [2.45, 2.75) is 31.4 Å². The van der Waals surface area contributed by atoms with Gasteiger partial charge in [-0.1, -0.05) is 6.92 Å². The Morgan fingerprint density at radius 1 is 1.37 bits per heavy atom. The SMILES string of the molecule is CCCN(CCNS(=O)(=O)c1ccc(C)s1)C(C)=O. The number of hydrogen-bond acceptors (Lipinski definition) is 4. The number of nitrogens with zero attached hydrogens (tertiary/aromatic N) is 1. The van der Waals surface area contributed by atoms with Crippen molar-refractivity contribution in [3.05, 3.63) is 17.0 Å². The summed E-state index contributed by atoms with van der Waals surface area (Å²) in [5.74, 6) is -0.0342. The van der Waals surface area contributed by atoms with Gasteiger partial charge in [0.1, 0.15) is 4.21 Å². The minimum absolute atomic E-state index is 0.0342. The summed E-state index contributed by atoms with van der Waals surface area (Å²) in [6, 6.07) is 3.37. The zero-order valence-electron chi connectivity index (χ0n) is 11.5. The van der Waals surface area contributed by atoms with E-state index in [4.69, 9.17) is 0 Å². The van der Waals surface area contributed by atoms with Gasteiger partial charge < -0.3 is 4.90 Å². The number of carbonyl (C=O) groups is 1. The van der Waals surface area contributed by atoms with Crippen LogP contribution in [0, 0.1) is 6.92 Å². The van der Waals surface area contributed by atoms with Gasteiger partial charge in [-0.15, -0.1) is 11.3 Å². The maximum Gasteiger partial charge on any atom is 0.250 e. The number of sulfonamides is 1. The summed E-state index contributed by atoms with van der Waals surface area (Å²) in [6.45, 7) is 6.62. The summed E-state index contributed by atoms with van der Waals surface area (Å²) in [6.07, 6.45) is 0.858. The highest BCUT2D eigenvalue weighted by molar-refractivity contribution is 7.91. The molecule has 1 N–H and O–H groups in total. The molecule has 0 saturated carbocycles. The third-order valence-electron chi connectivity index (χ3n) is 2.59. The molecule has 0 radical (unpaired) electrons. The van der Waals surface area contributed by atoms with Gasteiger partial charge in [0, 0.05) is 31.4 Å². The molecule has 7 heteroatoms. The maximum atomic E-state index is 12.0. The number of aryl methyl sites for hydroxylation is 1. The van der Waals surface area contributed by atoms with Crippen LogP contribution in [-0.2, 0) is 14.8 Å². The van der Waals surface area contributed by atoms with Gasteiger partial charge >= 0.3 is 0 Å². The van der Waals surface area contributed by atoms with E-state index < -0.39 is 10.0 Å². The normalized spacial score (nSPS) is 11.5. The van der Waals surface area contributed by atoms with Crippen LogP contribution in [0.2, 0.25) is 0 Å². The number of amides is 1. The predicted molar refractivity (Wildman–Crippen MR) is 76.8 cm³/mol. The summed E-state index contributed by atoms with van der Waals surface area (Å²) >= 11 is 1.24. The first-order valence-corrected chi connectivity index (χ1v) is 8.48. The first kappa shape index (κ1) is 16.1. The Hall–Kier alpha value is -0.920. The Morgan fingerprint density at radius 3 is 2.53 bits per heavy atom. The van der Waals surface area contributed by atoms with Crippen LogP contribution in [0.25, 0.3) is 0 Å². The Labute approximate surface area is 118 Å². The van der Waals surface area contributed by atoms with E-state index in [2.05, 4.69) is 4.72 Å². The molecule has 0 spiro atoms. The van der Waals surface area contributed by atoms with Gasteiger partial charge in [0.15, 0.2) is 0 Å². The summed E-state index contributed by atoms with van der Waals surface area (Å²) in [5, 5.41) is 0. The van der Waals surface area contributed by atoms with E-state index >= 15 is 0 Å². The zero-order valence-corrected chi connectivity index (χ0v) is 13.1. The molecule has 0 aliphatic heterocycles. The average molecular weight is 304 g/mol. The van der Waals surface area contributed by atoms with E-state index in [1.807, 2.05) is 13.8 Å². The average Bonchev–Trinajstić information content (AvgIpc) is 2.75. The van der Waals surface area contributed by atoms with Gasteiger partial charge in [0.25, 0.3) is 0 Å². The highest BCUT2D eigenvalue weighted by Crippen LogP contribution is 2.19. The monoisotopic (exact) mass is 304 g/mol. The van der Waals surface area contributed by atoms with Crippen LogP contribution < -0.4 is 4.72 Å². The van der Waals surface area contributed by atoms with E-state index in [1.54, 1.807) is 17.0 Å². The molecular formula is C12H20N2O3S2. The highest BCUT2D eigenvalue weighted by atomic mass is 32.2. The Balaban J connectivity index is 2.54. The van der Waals surface area contributed by atoms with Crippen molar-refractivity contribution < 1.29 is 13.2 Å². The molecule has 0 saturated heterocycles. The van der Waals surface area contributed by atoms with E-state index in [0.29, 0.717) is 17.3 Å². The van der Waals surface area contributed by atoms with Gasteiger partial charge in [-0.05, 0) is 25.5 Å².